The summed E-state index contributed by atoms with van der Waals surface area (Å²) in [6.45, 7) is 0. The number of hydrogen-bond acceptors (Lipinski definition) is 1. The standard InChI is InChI=1S/C8H10BrN/c9-8-6-4-2-1-3-5-7-10-8/h1,3,5,7H,2,4,6H2/b3-1-,7-5-,10-8?. The molecule has 0 aliphatic carbocycles. The van der Waals surface area contributed by atoms with Gasteiger partial charge in [0.25, 0.3) is 0 Å². The van der Waals surface area contributed by atoms with Crippen LogP contribution in [0.25, 0.3) is 0 Å². The average molecular weight is 200 g/mol. The number of nitrogens with zero attached hydrogens (tertiary/aromatic N) is 1. The second kappa shape index (κ2) is 4.45. The number of allylic oxidation sites excluding steroid dienone is 3. The molecule has 1 aliphatic rings. The van der Waals surface area contributed by atoms with E-state index in [0.29, 0.717) is 0 Å². The summed E-state index contributed by atoms with van der Waals surface area (Å²) >= 11 is 3.38. The van der Waals surface area contributed by atoms with Gasteiger partial charge in [0, 0.05) is 6.20 Å². The minimum Gasteiger partial charge on any atom is -0.254 e. The van der Waals surface area contributed by atoms with Crippen molar-refractivity contribution in [3.63, 3.8) is 0 Å². The van der Waals surface area contributed by atoms with E-state index in [1.165, 1.54) is 6.42 Å². The Labute approximate surface area is 69.7 Å². The zero-order valence-electron chi connectivity index (χ0n) is 5.76. The Hall–Kier alpha value is -0.370. The third kappa shape index (κ3) is 2.97. The quantitative estimate of drug-likeness (QED) is 0.569. The zero-order chi connectivity index (χ0) is 7.23. The van der Waals surface area contributed by atoms with Crippen molar-refractivity contribution < 1.29 is 0 Å². The summed E-state index contributed by atoms with van der Waals surface area (Å²) in [6, 6.07) is 0. The Balaban J connectivity index is 2.57. The molecule has 0 fully saturated rings. The molecule has 0 atom stereocenters. The van der Waals surface area contributed by atoms with Gasteiger partial charge >= 0.3 is 0 Å². The molecule has 0 amide bonds. The van der Waals surface area contributed by atoms with Crippen molar-refractivity contribution in [2.24, 2.45) is 4.99 Å². The van der Waals surface area contributed by atoms with Crippen molar-refractivity contribution >= 4 is 20.6 Å². The maximum atomic E-state index is 4.15. The molecule has 1 rings (SSSR count). The molecule has 1 heterocycles. The van der Waals surface area contributed by atoms with E-state index in [9.17, 15) is 0 Å². The van der Waals surface area contributed by atoms with Gasteiger partial charge in [0.2, 0.25) is 0 Å². The number of hydrogen-bond donors (Lipinski definition) is 0. The third-order valence-corrected chi connectivity index (χ3v) is 1.90. The molecule has 0 aromatic heterocycles. The van der Waals surface area contributed by atoms with Crippen LogP contribution in [0.4, 0.5) is 0 Å². The molecule has 0 radical (unpaired) electrons. The summed E-state index contributed by atoms with van der Waals surface area (Å²) in [4.78, 5) is 4.15. The highest BCUT2D eigenvalue weighted by atomic mass is 79.9. The van der Waals surface area contributed by atoms with Gasteiger partial charge in [-0.1, -0.05) is 12.2 Å². The highest BCUT2D eigenvalue weighted by molar-refractivity contribution is 9.18. The highest BCUT2D eigenvalue weighted by Crippen LogP contribution is 2.06. The summed E-state index contributed by atoms with van der Waals surface area (Å²) in [5, 5.41) is 0. The van der Waals surface area contributed by atoms with Crippen molar-refractivity contribution in [2.45, 2.75) is 19.3 Å². The van der Waals surface area contributed by atoms with Crippen molar-refractivity contribution in [3.05, 3.63) is 24.4 Å². The summed E-state index contributed by atoms with van der Waals surface area (Å²) < 4.78 is 1.05. The summed E-state index contributed by atoms with van der Waals surface area (Å²) in [5.41, 5.74) is 0. The molecule has 0 saturated heterocycles. The van der Waals surface area contributed by atoms with Crippen LogP contribution in [0.2, 0.25) is 0 Å². The lowest BCUT2D eigenvalue weighted by atomic mass is 10.2. The number of aliphatic imine (C=N–C) groups is 1. The van der Waals surface area contributed by atoms with Crippen molar-refractivity contribution in [3.8, 4) is 0 Å². The van der Waals surface area contributed by atoms with E-state index in [-0.39, 0.29) is 0 Å². The Morgan fingerprint density at radius 2 is 2.30 bits per heavy atom. The molecule has 0 aromatic carbocycles. The van der Waals surface area contributed by atoms with E-state index >= 15 is 0 Å². The van der Waals surface area contributed by atoms with Gasteiger partial charge in [0.1, 0.15) is 0 Å². The molecule has 10 heavy (non-hydrogen) atoms. The molecule has 1 aliphatic heterocycles. The maximum absolute atomic E-state index is 4.15. The lowest BCUT2D eigenvalue weighted by Gasteiger charge is -1.91. The van der Waals surface area contributed by atoms with E-state index in [2.05, 4.69) is 27.0 Å². The van der Waals surface area contributed by atoms with Crippen LogP contribution in [0, 0.1) is 0 Å². The molecule has 2 heteroatoms. The lowest BCUT2D eigenvalue weighted by Crippen LogP contribution is -1.83. The van der Waals surface area contributed by atoms with E-state index in [0.717, 1.165) is 17.5 Å². The minimum atomic E-state index is 1.05. The van der Waals surface area contributed by atoms with Crippen LogP contribution in [0.15, 0.2) is 29.4 Å². The molecule has 54 valence electrons. The van der Waals surface area contributed by atoms with E-state index in [1.807, 2.05) is 18.4 Å². The largest absolute Gasteiger partial charge is 0.254 e. The van der Waals surface area contributed by atoms with Crippen LogP contribution in [0.3, 0.4) is 0 Å². The minimum absolute atomic E-state index is 1.05. The topological polar surface area (TPSA) is 12.4 Å². The van der Waals surface area contributed by atoms with E-state index in [4.69, 9.17) is 0 Å². The molecule has 0 bridgehead atoms. The second-order valence-corrected chi connectivity index (χ2v) is 3.08. The van der Waals surface area contributed by atoms with Crippen LogP contribution in [0.5, 0.6) is 0 Å². The fourth-order valence-electron chi connectivity index (χ4n) is 0.779. The SMILES string of the molecule is BrC1=N/C=C\C=C/CCC1. The molecular weight excluding hydrogens is 190 g/mol. The lowest BCUT2D eigenvalue weighted by molar-refractivity contribution is 0.902. The molecule has 0 saturated carbocycles. The van der Waals surface area contributed by atoms with Crippen LogP contribution in [-0.2, 0) is 0 Å². The first kappa shape index (κ1) is 7.73. The van der Waals surface area contributed by atoms with Crippen molar-refractivity contribution in [2.75, 3.05) is 0 Å². The van der Waals surface area contributed by atoms with Crippen molar-refractivity contribution in [1.82, 2.24) is 0 Å². The molecular formula is C8H10BrN. The first-order valence-electron chi connectivity index (χ1n) is 3.43. The smallest absolute Gasteiger partial charge is 0.0829 e. The van der Waals surface area contributed by atoms with Gasteiger partial charge in [-0.25, -0.2) is 0 Å². The zero-order valence-corrected chi connectivity index (χ0v) is 7.34. The predicted octanol–water partition coefficient (Wildman–Crippen LogP) is 3.03. The first-order chi connectivity index (χ1) is 4.89. The molecule has 0 unspecified atom stereocenters. The highest BCUT2D eigenvalue weighted by Gasteiger charge is 1.91. The van der Waals surface area contributed by atoms with Crippen LogP contribution in [0.1, 0.15) is 19.3 Å². The van der Waals surface area contributed by atoms with E-state index < -0.39 is 0 Å². The monoisotopic (exact) mass is 199 g/mol. The van der Waals surface area contributed by atoms with Gasteiger partial charge in [-0.15, -0.1) is 0 Å². The molecule has 0 N–H and O–H groups in total. The van der Waals surface area contributed by atoms with Crippen LogP contribution >= 0.6 is 15.9 Å². The third-order valence-electron chi connectivity index (χ3n) is 1.30. The fourth-order valence-corrected chi connectivity index (χ4v) is 1.18. The second-order valence-electron chi connectivity index (χ2n) is 2.17. The van der Waals surface area contributed by atoms with Crippen LogP contribution in [-0.4, -0.2) is 4.62 Å². The number of rotatable bonds is 0. The van der Waals surface area contributed by atoms with Gasteiger partial charge in [0.15, 0.2) is 0 Å². The molecule has 0 spiro atoms. The summed E-state index contributed by atoms with van der Waals surface area (Å²) in [7, 11) is 0. The van der Waals surface area contributed by atoms with Gasteiger partial charge in [0.05, 0.1) is 4.62 Å². The van der Waals surface area contributed by atoms with Gasteiger partial charge in [-0.3, -0.25) is 4.99 Å². The first-order valence-corrected chi connectivity index (χ1v) is 4.23. The van der Waals surface area contributed by atoms with Gasteiger partial charge < -0.3 is 0 Å². The van der Waals surface area contributed by atoms with Crippen LogP contribution < -0.4 is 0 Å². The summed E-state index contributed by atoms with van der Waals surface area (Å²) in [5.74, 6) is 0. The Kier molecular flexibility index (Phi) is 3.44. The molecule has 1 nitrogen and oxygen atoms in total. The van der Waals surface area contributed by atoms with Gasteiger partial charge in [-0.05, 0) is 41.3 Å². The average Bonchev–Trinajstić information content (AvgIpc) is 2.02. The van der Waals surface area contributed by atoms with E-state index in [1.54, 1.807) is 0 Å². The predicted molar refractivity (Wildman–Crippen MR) is 48.5 cm³/mol. The maximum Gasteiger partial charge on any atom is 0.0829 e. The fraction of sp³-hybridized carbons (Fsp3) is 0.375. The molecule has 0 aromatic rings. The van der Waals surface area contributed by atoms with Gasteiger partial charge in [-0.2, -0.15) is 0 Å². The Morgan fingerprint density at radius 3 is 3.20 bits per heavy atom. The summed E-state index contributed by atoms with van der Waals surface area (Å²) in [6.07, 6.45) is 11.3. The Morgan fingerprint density at radius 1 is 1.40 bits per heavy atom. The normalized spacial score (nSPS) is 25.5. The van der Waals surface area contributed by atoms with Crippen molar-refractivity contribution in [1.29, 1.82) is 0 Å². The Bertz CT molecular complexity index is 180. The number of halogens is 1.